The highest BCUT2D eigenvalue weighted by Gasteiger charge is 2.49. The summed E-state index contributed by atoms with van der Waals surface area (Å²) < 4.78 is 18.9. The van der Waals surface area contributed by atoms with Crippen molar-refractivity contribution >= 4 is 35.0 Å². The maximum Gasteiger partial charge on any atom is 0.258 e. The highest BCUT2D eigenvalue weighted by molar-refractivity contribution is 6.30. The van der Waals surface area contributed by atoms with Gasteiger partial charge in [-0.2, -0.15) is 0 Å². The summed E-state index contributed by atoms with van der Waals surface area (Å²) in [4.78, 5) is 25.1. The number of piperidine rings is 1. The van der Waals surface area contributed by atoms with E-state index >= 15 is 0 Å². The Labute approximate surface area is 191 Å². The molecule has 2 amide bonds. The molecule has 3 fully saturated rings. The van der Waals surface area contributed by atoms with Crippen molar-refractivity contribution in [2.75, 3.05) is 13.2 Å². The molecule has 3 aliphatic rings. The Morgan fingerprint density at radius 2 is 1.90 bits per heavy atom. The van der Waals surface area contributed by atoms with Gasteiger partial charge in [0.25, 0.3) is 5.91 Å². The van der Waals surface area contributed by atoms with Gasteiger partial charge in [0.1, 0.15) is 11.6 Å². The largest absolute Gasteiger partial charge is 0.484 e. The van der Waals surface area contributed by atoms with E-state index in [0.29, 0.717) is 30.7 Å². The summed E-state index contributed by atoms with van der Waals surface area (Å²) in [6.45, 7) is 2.51. The van der Waals surface area contributed by atoms with Crippen LogP contribution in [0.15, 0.2) is 18.2 Å². The van der Waals surface area contributed by atoms with Gasteiger partial charge in [-0.1, -0.05) is 18.5 Å². The lowest BCUT2D eigenvalue weighted by molar-refractivity contribution is -0.125. The maximum atomic E-state index is 13.5. The fourth-order valence-corrected chi connectivity index (χ4v) is 5.32. The molecule has 4 rings (SSSR count). The van der Waals surface area contributed by atoms with Crippen molar-refractivity contribution in [1.82, 2.24) is 16.0 Å². The summed E-state index contributed by atoms with van der Waals surface area (Å²) in [6.07, 6.45) is 3.53. The summed E-state index contributed by atoms with van der Waals surface area (Å²) >= 11 is 11.9. The summed E-state index contributed by atoms with van der Waals surface area (Å²) in [5.41, 5.74) is 0. The SMILES string of the molecule is CC1CC(C(=O)NC2C[C@H](NC(=O)COc3ccc(Cl)c(F)c3)C3CCC23)NCC1Cl. The van der Waals surface area contributed by atoms with Crippen LogP contribution in [0, 0.1) is 23.6 Å². The number of ether oxygens (including phenoxy) is 1. The number of alkyl halides is 1. The lowest BCUT2D eigenvalue weighted by Gasteiger charge is -2.37. The minimum Gasteiger partial charge on any atom is -0.484 e. The van der Waals surface area contributed by atoms with Crippen LogP contribution in [-0.2, 0) is 9.59 Å². The first-order valence-electron chi connectivity index (χ1n) is 10.9. The summed E-state index contributed by atoms with van der Waals surface area (Å²) in [7, 11) is 0. The fraction of sp³-hybridized carbons (Fsp3) is 0.636. The van der Waals surface area contributed by atoms with Crippen LogP contribution in [0.4, 0.5) is 4.39 Å². The average molecular weight is 472 g/mol. The van der Waals surface area contributed by atoms with Crippen molar-refractivity contribution in [3.8, 4) is 5.75 Å². The molecule has 7 atom stereocenters. The van der Waals surface area contributed by atoms with Gasteiger partial charge in [0.2, 0.25) is 5.91 Å². The zero-order valence-corrected chi connectivity index (χ0v) is 18.9. The van der Waals surface area contributed by atoms with Gasteiger partial charge < -0.3 is 20.7 Å². The Morgan fingerprint density at radius 1 is 1.19 bits per heavy atom. The van der Waals surface area contributed by atoms with Crippen LogP contribution in [0.5, 0.6) is 5.75 Å². The number of hydrogen-bond acceptors (Lipinski definition) is 4. The quantitative estimate of drug-likeness (QED) is 0.557. The number of benzene rings is 1. The molecule has 170 valence electrons. The predicted octanol–water partition coefficient (Wildman–Crippen LogP) is 2.86. The zero-order valence-electron chi connectivity index (χ0n) is 17.4. The number of hydrogen-bond donors (Lipinski definition) is 3. The molecule has 9 heteroatoms. The smallest absolute Gasteiger partial charge is 0.258 e. The van der Waals surface area contributed by atoms with Gasteiger partial charge in [0.15, 0.2) is 6.61 Å². The number of fused-ring (bicyclic) bond motifs is 1. The molecule has 1 aromatic carbocycles. The molecule has 1 heterocycles. The Bertz CT molecular complexity index is 842. The van der Waals surface area contributed by atoms with E-state index in [4.69, 9.17) is 27.9 Å². The van der Waals surface area contributed by atoms with Crippen molar-refractivity contribution in [2.45, 2.75) is 56.1 Å². The molecule has 6 nitrogen and oxygen atoms in total. The standard InChI is InChI=1S/C22H28Cl2FN3O3/c1-11-6-20(26-9-16(11)24)22(30)28-19-8-18(13-3-4-14(13)19)27-21(29)10-31-12-2-5-15(23)17(25)7-12/h2,5,7,11,13-14,16,18-20,26H,3-4,6,8-10H2,1H3,(H,27,29)(H,28,30)/t11?,13?,14?,16?,18-,19?,20?/m0/s1. The van der Waals surface area contributed by atoms with E-state index in [-0.39, 0.29) is 52.7 Å². The first-order valence-corrected chi connectivity index (χ1v) is 11.7. The van der Waals surface area contributed by atoms with Crippen LogP contribution in [0.1, 0.15) is 32.6 Å². The summed E-state index contributed by atoms with van der Waals surface area (Å²) in [5.74, 6) is 0.480. The van der Waals surface area contributed by atoms with Gasteiger partial charge >= 0.3 is 0 Å². The fourth-order valence-electron chi connectivity index (χ4n) is 5.01. The monoisotopic (exact) mass is 471 g/mol. The highest BCUT2D eigenvalue weighted by atomic mass is 35.5. The van der Waals surface area contributed by atoms with E-state index in [2.05, 4.69) is 22.9 Å². The minimum absolute atomic E-state index is 0.00669. The number of amides is 2. The first-order chi connectivity index (χ1) is 14.8. The average Bonchev–Trinajstić information content (AvgIpc) is 2.92. The van der Waals surface area contributed by atoms with Crippen molar-refractivity contribution in [2.24, 2.45) is 17.8 Å². The van der Waals surface area contributed by atoms with Gasteiger partial charge in [-0.25, -0.2) is 4.39 Å². The molecule has 2 saturated carbocycles. The highest BCUT2D eigenvalue weighted by Crippen LogP contribution is 2.47. The normalized spacial score (nSPS) is 34.4. The molecule has 1 saturated heterocycles. The molecular weight excluding hydrogens is 444 g/mol. The van der Waals surface area contributed by atoms with Gasteiger partial charge in [-0.05, 0) is 55.6 Å². The molecule has 31 heavy (non-hydrogen) atoms. The van der Waals surface area contributed by atoms with Crippen molar-refractivity contribution < 1.29 is 18.7 Å². The Balaban J connectivity index is 1.26. The van der Waals surface area contributed by atoms with E-state index in [1.54, 1.807) is 0 Å². The molecule has 0 spiro atoms. The molecular formula is C22H28Cl2FN3O3. The number of rotatable bonds is 6. The van der Waals surface area contributed by atoms with E-state index in [1.165, 1.54) is 12.1 Å². The number of nitrogens with one attached hydrogen (secondary N) is 3. The lowest BCUT2D eigenvalue weighted by Crippen LogP contribution is -2.54. The third kappa shape index (κ3) is 5.10. The van der Waals surface area contributed by atoms with Crippen molar-refractivity contribution in [1.29, 1.82) is 0 Å². The van der Waals surface area contributed by atoms with Crippen LogP contribution >= 0.6 is 23.2 Å². The molecule has 0 bridgehead atoms. The number of carbonyl (C=O) groups is 2. The lowest BCUT2D eigenvalue weighted by atomic mass is 9.73. The van der Waals surface area contributed by atoms with Crippen LogP contribution < -0.4 is 20.7 Å². The Kier molecular flexibility index (Phi) is 6.94. The molecule has 1 aromatic rings. The van der Waals surface area contributed by atoms with E-state index in [0.717, 1.165) is 25.3 Å². The maximum absolute atomic E-state index is 13.5. The van der Waals surface area contributed by atoms with Crippen molar-refractivity contribution in [3.63, 3.8) is 0 Å². The first kappa shape index (κ1) is 22.6. The van der Waals surface area contributed by atoms with Gasteiger partial charge in [0, 0.05) is 30.1 Å². The third-order valence-corrected chi connectivity index (χ3v) is 7.85. The predicted molar refractivity (Wildman–Crippen MR) is 117 cm³/mol. The topological polar surface area (TPSA) is 79.5 Å². The third-order valence-electron chi connectivity index (χ3n) is 6.96. The molecule has 1 aliphatic heterocycles. The Morgan fingerprint density at radius 3 is 2.55 bits per heavy atom. The molecule has 6 unspecified atom stereocenters. The van der Waals surface area contributed by atoms with Crippen LogP contribution in [0.3, 0.4) is 0 Å². The molecule has 2 aliphatic carbocycles. The van der Waals surface area contributed by atoms with Crippen LogP contribution in [-0.4, -0.2) is 48.5 Å². The van der Waals surface area contributed by atoms with Gasteiger partial charge in [-0.3, -0.25) is 9.59 Å². The second-order valence-corrected chi connectivity index (χ2v) is 9.95. The van der Waals surface area contributed by atoms with Gasteiger partial charge in [0.05, 0.1) is 11.1 Å². The van der Waals surface area contributed by atoms with Crippen LogP contribution in [0.25, 0.3) is 0 Å². The van der Waals surface area contributed by atoms with E-state index in [1.807, 2.05) is 0 Å². The second kappa shape index (κ2) is 9.51. The van der Waals surface area contributed by atoms with Crippen molar-refractivity contribution in [3.05, 3.63) is 29.0 Å². The van der Waals surface area contributed by atoms with E-state index < -0.39 is 5.82 Å². The zero-order chi connectivity index (χ0) is 22.1. The Hall–Kier alpha value is -1.57. The second-order valence-electron chi connectivity index (χ2n) is 8.98. The summed E-state index contributed by atoms with van der Waals surface area (Å²) in [5, 5.41) is 9.54. The molecule has 0 radical (unpaired) electrons. The molecule has 0 aromatic heterocycles. The number of halogens is 3. The van der Waals surface area contributed by atoms with E-state index in [9.17, 15) is 14.0 Å². The number of carbonyl (C=O) groups excluding carboxylic acids is 2. The van der Waals surface area contributed by atoms with Crippen LogP contribution in [0.2, 0.25) is 5.02 Å². The van der Waals surface area contributed by atoms with Gasteiger partial charge in [-0.15, -0.1) is 11.6 Å². The summed E-state index contributed by atoms with van der Waals surface area (Å²) in [6, 6.07) is 3.92. The minimum atomic E-state index is -0.588. The molecule has 3 N–H and O–H groups in total.